The maximum atomic E-state index is 13.0. The molecule has 0 N–H and O–H groups in total. The number of ether oxygens (including phenoxy) is 2. The quantitative estimate of drug-likeness (QED) is 0.630. The first kappa shape index (κ1) is 20.8. The topological polar surface area (TPSA) is 82.4 Å². The van der Waals surface area contributed by atoms with Crippen LogP contribution >= 0.6 is 0 Å². The molecule has 31 heavy (non-hydrogen) atoms. The predicted octanol–water partition coefficient (Wildman–Crippen LogP) is 2.87. The number of benzene rings is 1. The van der Waals surface area contributed by atoms with Crippen molar-refractivity contribution in [3.63, 3.8) is 0 Å². The molecular formula is C23H27N5O3. The molecule has 1 amide bonds. The van der Waals surface area contributed by atoms with Crippen LogP contribution in [0.2, 0.25) is 0 Å². The van der Waals surface area contributed by atoms with Gasteiger partial charge in [-0.15, -0.1) is 0 Å². The summed E-state index contributed by atoms with van der Waals surface area (Å²) in [4.78, 5) is 23.7. The molecule has 0 atom stereocenters. The van der Waals surface area contributed by atoms with Crippen molar-refractivity contribution in [3.05, 3.63) is 58.2 Å². The van der Waals surface area contributed by atoms with E-state index in [-0.39, 0.29) is 12.3 Å². The van der Waals surface area contributed by atoms with Gasteiger partial charge in [-0.25, -0.2) is 14.6 Å². The summed E-state index contributed by atoms with van der Waals surface area (Å²) in [5, 5.41) is 4.60. The summed E-state index contributed by atoms with van der Waals surface area (Å²) in [5.74, 6) is 2.02. The number of hydrogen-bond acceptors (Lipinski definition) is 6. The number of nitrogens with zero attached hydrogens (tertiary/aromatic N) is 5. The maximum Gasteiger partial charge on any atom is 0.251 e. The third-order valence-electron chi connectivity index (χ3n) is 5.38. The Morgan fingerprint density at radius 1 is 1.03 bits per heavy atom. The van der Waals surface area contributed by atoms with E-state index in [2.05, 4.69) is 15.1 Å². The van der Waals surface area contributed by atoms with Gasteiger partial charge < -0.3 is 14.4 Å². The molecule has 0 unspecified atom stereocenters. The molecule has 0 spiro atoms. The molecule has 162 valence electrons. The van der Waals surface area contributed by atoms with Crippen molar-refractivity contribution in [1.29, 1.82) is 0 Å². The van der Waals surface area contributed by atoms with Crippen LogP contribution in [0.4, 0.5) is 0 Å². The van der Waals surface area contributed by atoms with Crippen LogP contribution in [0.15, 0.2) is 24.3 Å². The van der Waals surface area contributed by atoms with Crippen LogP contribution in [0.25, 0.3) is 5.95 Å². The molecule has 1 aliphatic rings. The molecule has 0 saturated carbocycles. The number of likely N-dealkylation sites (N-methyl/N-ethyl adjacent to an activating group) is 1. The number of aryl methyl sites for hydroxylation is 3. The minimum atomic E-state index is 0.0157. The second-order valence-corrected chi connectivity index (χ2v) is 7.92. The van der Waals surface area contributed by atoms with E-state index in [4.69, 9.17) is 9.47 Å². The summed E-state index contributed by atoms with van der Waals surface area (Å²) >= 11 is 0. The van der Waals surface area contributed by atoms with Crippen molar-refractivity contribution in [2.75, 3.05) is 20.3 Å². The number of rotatable bonds is 5. The Hall–Kier alpha value is -3.42. The van der Waals surface area contributed by atoms with Crippen LogP contribution < -0.4 is 9.47 Å². The van der Waals surface area contributed by atoms with Crippen LogP contribution in [0.1, 0.15) is 33.9 Å². The van der Waals surface area contributed by atoms with Crippen molar-refractivity contribution in [1.82, 2.24) is 24.6 Å². The molecule has 0 saturated heterocycles. The van der Waals surface area contributed by atoms with Gasteiger partial charge in [-0.2, -0.15) is 5.10 Å². The Bertz CT molecular complexity index is 1120. The average Bonchev–Trinajstić information content (AvgIpc) is 3.01. The molecule has 1 aliphatic heterocycles. The first-order valence-corrected chi connectivity index (χ1v) is 10.3. The van der Waals surface area contributed by atoms with E-state index in [0.717, 1.165) is 45.4 Å². The normalized spacial score (nSPS) is 12.7. The first-order chi connectivity index (χ1) is 14.8. The third-order valence-corrected chi connectivity index (χ3v) is 5.38. The monoisotopic (exact) mass is 421 g/mol. The highest BCUT2D eigenvalue weighted by atomic mass is 16.6. The van der Waals surface area contributed by atoms with Gasteiger partial charge in [0.1, 0.15) is 13.2 Å². The van der Waals surface area contributed by atoms with Crippen molar-refractivity contribution < 1.29 is 14.3 Å². The first-order valence-electron chi connectivity index (χ1n) is 10.3. The Morgan fingerprint density at radius 3 is 2.42 bits per heavy atom. The van der Waals surface area contributed by atoms with Gasteiger partial charge >= 0.3 is 0 Å². The molecule has 3 heterocycles. The number of hydrogen-bond donors (Lipinski definition) is 0. The van der Waals surface area contributed by atoms with Crippen LogP contribution in [-0.2, 0) is 17.8 Å². The van der Waals surface area contributed by atoms with Gasteiger partial charge in [0.05, 0.1) is 12.1 Å². The lowest BCUT2D eigenvalue weighted by atomic mass is 10.1. The average molecular weight is 422 g/mol. The summed E-state index contributed by atoms with van der Waals surface area (Å²) in [5.41, 5.74) is 5.35. The molecule has 8 nitrogen and oxygen atoms in total. The van der Waals surface area contributed by atoms with E-state index in [9.17, 15) is 4.79 Å². The summed E-state index contributed by atoms with van der Waals surface area (Å²) in [6.45, 7) is 9.31. The number of carbonyl (C=O) groups excluding carboxylic acids is 1. The number of carbonyl (C=O) groups is 1. The Kier molecular flexibility index (Phi) is 5.63. The summed E-state index contributed by atoms with van der Waals surface area (Å²) in [7, 11) is 1.81. The lowest BCUT2D eigenvalue weighted by Crippen LogP contribution is -2.28. The fraction of sp³-hybridized carbons (Fsp3) is 0.391. The van der Waals surface area contributed by atoms with E-state index in [1.165, 1.54) is 0 Å². The highest BCUT2D eigenvalue weighted by Gasteiger charge is 2.20. The molecular weight excluding hydrogens is 394 g/mol. The Balaban J connectivity index is 1.50. The van der Waals surface area contributed by atoms with E-state index in [1.54, 1.807) is 16.6 Å². The van der Waals surface area contributed by atoms with Gasteiger partial charge in [0.2, 0.25) is 5.91 Å². The fourth-order valence-electron chi connectivity index (χ4n) is 3.76. The van der Waals surface area contributed by atoms with Crippen molar-refractivity contribution in [2.45, 2.75) is 40.7 Å². The number of fused-ring (bicyclic) bond motifs is 1. The lowest BCUT2D eigenvalue weighted by Gasteiger charge is -2.21. The lowest BCUT2D eigenvalue weighted by molar-refractivity contribution is -0.129. The standard InChI is InChI=1S/C23H27N5O3/c1-14-10-15(2)25-23(24-14)28-17(4)19(16(3)26-28)12-22(29)27(5)13-18-6-7-20-21(11-18)31-9-8-30-20/h6-7,10-11H,8-9,12-13H2,1-5H3. The van der Waals surface area contributed by atoms with Crippen molar-refractivity contribution in [2.24, 2.45) is 0 Å². The molecule has 1 aromatic carbocycles. The second kappa shape index (κ2) is 8.37. The third kappa shape index (κ3) is 4.38. The minimum absolute atomic E-state index is 0.0157. The van der Waals surface area contributed by atoms with Crippen LogP contribution in [-0.4, -0.2) is 50.8 Å². The predicted molar refractivity (Wildman–Crippen MR) is 116 cm³/mol. The van der Waals surface area contributed by atoms with E-state index < -0.39 is 0 Å². The van der Waals surface area contributed by atoms with Gasteiger partial charge in [0, 0.05) is 36.2 Å². The van der Waals surface area contributed by atoms with E-state index in [0.29, 0.717) is 25.7 Å². The molecule has 0 fully saturated rings. The largest absolute Gasteiger partial charge is 0.486 e. The molecule has 0 aliphatic carbocycles. The van der Waals surface area contributed by atoms with Gasteiger partial charge in [-0.1, -0.05) is 6.07 Å². The minimum Gasteiger partial charge on any atom is -0.486 e. The second-order valence-electron chi connectivity index (χ2n) is 7.92. The van der Waals surface area contributed by atoms with Crippen LogP contribution in [0.5, 0.6) is 11.5 Å². The summed E-state index contributed by atoms with van der Waals surface area (Å²) < 4.78 is 12.9. The zero-order valence-corrected chi connectivity index (χ0v) is 18.6. The smallest absolute Gasteiger partial charge is 0.251 e. The van der Waals surface area contributed by atoms with Gasteiger partial charge in [0.25, 0.3) is 5.95 Å². The molecule has 4 rings (SSSR count). The van der Waals surface area contributed by atoms with Gasteiger partial charge in [-0.05, 0) is 51.5 Å². The Labute approximate surface area is 181 Å². The van der Waals surface area contributed by atoms with Gasteiger partial charge in [0.15, 0.2) is 11.5 Å². The highest BCUT2D eigenvalue weighted by Crippen LogP contribution is 2.31. The molecule has 2 aromatic heterocycles. The number of amides is 1. The Morgan fingerprint density at radius 2 is 1.71 bits per heavy atom. The summed E-state index contributed by atoms with van der Waals surface area (Å²) in [6, 6.07) is 7.71. The zero-order chi connectivity index (χ0) is 22.1. The van der Waals surface area contributed by atoms with Crippen LogP contribution in [0, 0.1) is 27.7 Å². The molecule has 8 heteroatoms. The van der Waals surface area contributed by atoms with Gasteiger partial charge in [-0.3, -0.25) is 4.79 Å². The SMILES string of the molecule is Cc1cc(C)nc(-n2nc(C)c(CC(=O)N(C)Cc3ccc4c(c3)OCCO4)c2C)n1. The fourth-order valence-corrected chi connectivity index (χ4v) is 3.76. The summed E-state index contributed by atoms with van der Waals surface area (Å²) in [6.07, 6.45) is 0.267. The maximum absolute atomic E-state index is 13.0. The highest BCUT2D eigenvalue weighted by molar-refractivity contribution is 5.79. The molecule has 0 bridgehead atoms. The number of aromatic nitrogens is 4. The van der Waals surface area contributed by atoms with E-state index >= 15 is 0 Å². The molecule has 3 aromatic rings. The van der Waals surface area contributed by atoms with E-state index in [1.807, 2.05) is 52.0 Å². The zero-order valence-electron chi connectivity index (χ0n) is 18.6. The molecule has 0 radical (unpaired) electrons. The van der Waals surface area contributed by atoms with Crippen molar-refractivity contribution >= 4 is 5.91 Å². The van der Waals surface area contributed by atoms with Crippen molar-refractivity contribution in [3.8, 4) is 17.4 Å². The van der Waals surface area contributed by atoms with Crippen LogP contribution in [0.3, 0.4) is 0 Å².